The largest absolute Gasteiger partial charge is 0.436 e. The Labute approximate surface area is 121 Å². The van der Waals surface area contributed by atoms with Crippen LogP contribution >= 0.6 is 0 Å². The topological polar surface area (TPSA) is 78.5 Å². The van der Waals surface area contributed by atoms with Crippen LogP contribution in [0.1, 0.15) is 0 Å². The predicted molar refractivity (Wildman–Crippen MR) is 81.0 cm³/mol. The number of hydrogen-bond acceptors (Lipinski definition) is 5. The number of rotatable bonds is 5. The zero-order valence-corrected chi connectivity index (χ0v) is 11.4. The van der Waals surface area contributed by atoms with Gasteiger partial charge in [0.1, 0.15) is 5.52 Å². The lowest BCUT2D eigenvalue weighted by atomic mass is 10.1. The third-order valence-electron chi connectivity index (χ3n) is 3.19. The molecule has 3 rings (SSSR count). The SMILES string of the molecule is OCC(O)CNc1ccccc1-c1nc2ccccc2o1. The van der Waals surface area contributed by atoms with Crippen molar-refractivity contribution in [3.8, 4) is 11.5 Å². The Hall–Kier alpha value is -2.37. The first-order valence-corrected chi connectivity index (χ1v) is 6.75. The molecule has 0 fully saturated rings. The van der Waals surface area contributed by atoms with E-state index in [1.165, 1.54) is 0 Å². The van der Waals surface area contributed by atoms with Crippen LogP contribution < -0.4 is 5.32 Å². The summed E-state index contributed by atoms with van der Waals surface area (Å²) < 4.78 is 5.76. The molecule has 0 radical (unpaired) electrons. The van der Waals surface area contributed by atoms with E-state index in [-0.39, 0.29) is 13.2 Å². The van der Waals surface area contributed by atoms with E-state index in [0.29, 0.717) is 5.89 Å². The number of nitrogens with zero attached hydrogens (tertiary/aromatic N) is 1. The summed E-state index contributed by atoms with van der Waals surface area (Å²) in [4.78, 5) is 4.47. The van der Waals surface area contributed by atoms with E-state index in [0.717, 1.165) is 22.4 Å². The van der Waals surface area contributed by atoms with Gasteiger partial charge in [-0.1, -0.05) is 24.3 Å². The van der Waals surface area contributed by atoms with Crippen LogP contribution in [0, 0.1) is 0 Å². The number of aromatic nitrogens is 1. The van der Waals surface area contributed by atoms with Crippen molar-refractivity contribution in [3.63, 3.8) is 0 Å². The van der Waals surface area contributed by atoms with Gasteiger partial charge in [-0.2, -0.15) is 0 Å². The van der Waals surface area contributed by atoms with Gasteiger partial charge in [-0.25, -0.2) is 4.98 Å². The quantitative estimate of drug-likeness (QED) is 0.670. The molecular formula is C16H16N2O3. The molecule has 0 aliphatic heterocycles. The van der Waals surface area contributed by atoms with Gasteiger partial charge >= 0.3 is 0 Å². The zero-order valence-electron chi connectivity index (χ0n) is 11.4. The highest BCUT2D eigenvalue weighted by Gasteiger charge is 2.12. The lowest BCUT2D eigenvalue weighted by Crippen LogP contribution is -2.23. The molecule has 5 nitrogen and oxygen atoms in total. The van der Waals surface area contributed by atoms with Crippen molar-refractivity contribution in [2.45, 2.75) is 6.10 Å². The summed E-state index contributed by atoms with van der Waals surface area (Å²) in [5.74, 6) is 0.526. The van der Waals surface area contributed by atoms with E-state index in [1.807, 2.05) is 48.5 Å². The minimum atomic E-state index is -0.804. The van der Waals surface area contributed by atoms with E-state index in [4.69, 9.17) is 9.52 Å². The predicted octanol–water partition coefficient (Wildman–Crippen LogP) is 2.26. The molecule has 0 aliphatic carbocycles. The molecule has 1 unspecified atom stereocenters. The van der Waals surface area contributed by atoms with Crippen LogP contribution in [0.2, 0.25) is 0 Å². The number of anilines is 1. The lowest BCUT2D eigenvalue weighted by molar-refractivity contribution is 0.105. The Morgan fingerprint density at radius 1 is 1.10 bits per heavy atom. The second-order valence-electron chi connectivity index (χ2n) is 4.75. The van der Waals surface area contributed by atoms with Crippen molar-refractivity contribution in [1.82, 2.24) is 4.98 Å². The molecule has 0 aliphatic rings. The molecule has 1 heterocycles. The Bertz CT molecular complexity index is 706. The third kappa shape index (κ3) is 2.89. The first kappa shape index (κ1) is 13.6. The van der Waals surface area contributed by atoms with Crippen LogP contribution in [-0.2, 0) is 0 Å². The summed E-state index contributed by atoms with van der Waals surface area (Å²) in [5, 5.41) is 21.4. The monoisotopic (exact) mass is 284 g/mol. The number of benzene rings is 2. The average molecular weight is 284 g/mol. The maximum atomic E-state index is 9.44. The van der Waals surface area contributed by atoms with E-state index < -0.39 is 6.10 Å². The number of hydrogen-bond donors (Lipinski definition) is 3. The molecule has 0 spiro atoms. The Morgan fingerprint density at radius 2 is 1.86 bits per heavy atom. The molecule has 0 amide bonds. The van der Waals surface area contributed by atoms with E-state index >= 15 is 0 Å². The van der Waals surface area contributed by atoms with Crippen molar-refractivity contribution < 1.29 is 14.6 Å². The number of nitrogens with one attached hydrogen (secondary N) is 1. The summed E-state index contributed by atoms with van der Waals surface area (Å²) in [6.07, 6.45) is -0.804. The standard InChI is InChI=1S/C16H16N2O3/c19-10-11(20)9-17-13-6-2-1-5-12(13)16-18-14-7-3-4-8-15(14)21-16/h1-8,11,17,19-20H,9-10H2. The van der Waals surface area contributed by atoms with E-state index in [9.17, 15) is 5.11 Å². The van der Waals surface area contributed by atoms with Crippen molar-refractivity contribution >= 4 is 16.8 Å². The smallest absolute Gasteiger partial charge is 0.229 e. The number of para-hydroxylation sites is 3. The van der Waals surface area contributed by atoms with Gasteiger partial charge in [-0.3, -0.25) is 0 Å². The fourth-order valence-corrected chi connectivity index (χ4v) is 2.10. The maximum Gasteiger partial charge on any atom is 0.229 e. The van der Waals surface area contributed by atoms with E-state index in [2.05, 4.69) is 10.3 Å². The van der Waals surface area contributed by atoms with Gasteiger partial charge in [-0.15, -0.1) is 0 Å². The van der Waals surface area contributed by atoms with Gasteiger partial charge in [0.25, 0.3) is 0 Å². The first-order valence-electron chi connectivity index (χ1n) is 6.75. The van der Waals surface area contributed by atoms with Gasteiger partial charge in [0.2, 0.25) is 5.89 Å². The second-order valence-corrected chi connectivity index (χ2v) is 4.75. The fourth-order valence-electron chi connectivity index (χ4n) is 2.10. The molecule has 0 saturated heterocycles. The van der Waals surface area contributed by atoms with Crippen LogP contribution in [-0.4, -0.2) is 34.5 Å². The minimum Gasteiger partial charge on any atom is -0.436 e. The van der Waals surface area contributed by atoms with Crippen molar-refractivity contribution in [1.29, 1.82) is 0 Å². The summed E-state index contributed by atoms with van der Waals surface area (Å²) in [5.41, 5.74) is 3.16. The number of aliphatic hydroxyl groups excluding tert-OH is 2. The molecule has 108 valence electrons. The number of aliphatic hydroxyl groups is 2. The molecule has 5 heteroatoms. The molecule has 3 aromatic rings. The van der Waals surface area contributed by atoms with E-state index in [1.54, 1.807) is 0 Å². The second kappa shape index (κ2) is 5.95. The molecule has 1 aromatic heterocycles. The van der Waals surface area contributed by atoms with Gasteiger partial charge in [0.15, 0.2) is 5.58 Å². The number of fused-ring (bicyclic) bond motifs is 1. The summed E-state index contributed by atoms with van der Waals surface area (Å²) in [6, 6.07) is 15.2. The molecule has 21 heavy (non-hydrogen) atoms. The average Bonchev–Trinajstić information content (AvgIpc) is 2.96. The van der Waals surface area contributed by atoms with Crippen molar-refractivity contribution in [3.05, 3.63) is 48.5 Å². The Morgan fingerprint density at radius 3 is 2.67 bits per heavy atom. The molecule has 0 bridgehead atoms. The molecule has 1 atom stereocenters. The third-order valence-corrected chi connectivity index (χ3v) is 3.19. The Kier molecular flexibility index (Phi) is 3.85. The zero-order chi connectivity index (χ0) is 14.7. The lowest BCUT2D eigenvalue weighted by Gasteiger charge is -2.12. The van der Waals surface area contributed by atoms with Gasteiger partial charge in [0, 0.05) is 12.2 Å². The van der Waals surface area contributed by atoms with Crippen LogP contribution in [0.4, 0.5) is 5.69 Å². The molecule has 2 aromatic carbocycles. The highest BCUT2D eigenvalue weighted by molar-refractivity contribution is 5.80. The van der Waals surface area contributed by atoms with Crippen molar-refractivity contribution in [2.24, 2.45) is 0 Å². The van der Waals surface area contributed by atoms with Crippen LogP contribution in [0.15, 0.2) is 52.9 Å². The highest BCUT2D eigenvalue weighted by Crippen LogP contribution is 2.29. The normalized spacial score (nSPS) is 12.5. The molecular weight excluding hydrogens is 268 g/mol. The van der Waals surface area contributed by atoms with Gasteiger partial charge in [0.05, 0.1) is 18.3 Å². The fraction of sp³-hybridized carbons (Fsp3) is 0.188. The van der Waals surface area contributed by atoms with Crippen LogP contribution in [0.3, 0.4) is 0 Å². The minimum absolute atomic E-state index is 0.258. The summed E-state index contributed by atoms with van der Waals surface area (Å²) in [6.45, 7) is -0.0220. The van der Waals surface area contributed by atoms with Crippen molar-refractivity contribution in [2.75, 3.05) is 18.5 Å². The first-order chi connectivity index (χ1) is 10.3. The molecule has 3 N–H and O–H groups in total. The summed E-state index contributed by atoms with van der Waals surface area (Å²) >= 11 is 0. The van der Waals surface area contributed by atoms with Crippen LogP contribution in [0.5, 0.6) is 0 Å². The Balaban J connectivity index is 1.94. The summed E-state index contributed by atoms with van der Waals surface area (Å²) in [7, 11) is 0. The van der Waals surface area contributed by atoms with Crippen LogP contribution in [0.25, 0.3) is 22.6 Å². The van der Waals surface area contributed by atoms with Gasteiger partial charge in [-0.05, 0) is 24.3 Å². The molecule has 0 saturated carbocycles. The highest BCUT2D eigenvalue weighted by atomic mass is 16.3. The van der Waals surface area contributed by atoms with Gasteiger partial charge < -0.3 is 19.9 Å². The number of oxazole rings is 1. The maximum absolute atomic E-state index is 9.44.